The van der Waals surface area contributed by atoms with Gasteiger partial charge in [-0.1, -0.05) is 0 Å². The summed E-state index contributed by atoms with van der Waals surface area (Å²) < 4.78 is 19.9. The van der Waals surface area contributed by atoms with Gasteiger partial charge in [-0.15, -0.1) is 0 Å². The lowest BCUT2D eigenvalue weighted by Crippen LogP contribution is -2.39. The number of rotatable bonds is 5. The number of nitriles is 1. The van der Waals surface area contributed by atoms with E-state index in [1.165, 1.54) is 17.0 Å². The summed E-state index contributed by atoms with van der Waals surface area (Å²) in [5.74, 6) is -1.96. The molecule has 1 saturated heterocycles. The van der Waals surface area contributed by atoms with Crippen molar-refractivity contribution in [3.8, 4) is 6.07 Å². The molecule has 8 nitrogen and oxygen atoms in total. The number of likely N-dealkylation sites (tertiary alicyclic amines) is 1. The van der Waals surface area contributed by atoms with Crippen molar-refractivity contribution in [3.63, 3.8) is 0 Å². The van der Waals surface area contributed by atoms with Gasteiger partial charge in [0.1, 0.15) is 11.7 Å². The van der Waals surface area contributed by atoms with Crippen LogP contribution in [-0.4, -0.2) is 60.4 Å². The van der Waals surface area contributed by atoms with Crippen LogP contribution in [0.5, 0.6) is 0 Å². The van der Waals surface area contributed by atoms with Gasteiger partial charge in [-0.3, -0.25) is 4.79 Å². The third-order valence-electron chi connectivity index (χ3n) is 4.29. The van der Waals surface area contributed by atoms with Gasteiger partial charge in [-0.25, -0.2) is 14.2 Å². The molecular formula is C22H28FN5O3. The van der Waals surface area contributed by atoms with Crippen LogP contribution < -0.4 is 5.32 Å². The Hall–Kier alpha value is -3.41. The van der Waals surface area contributed by atoms with Gasteiger partial charge in [0.2, 0.25) is 0 Å². The number of carbonyl (C=O) groups excluding carboxylic acids is 2. The molecule has 9 heteroatoms. The highest BCUT2D eigenvalue weighted by Crippen LogP contribution is 2.25. The number of nitrogens with one attached hydrogen (secondary N) is 1. The summed E-state index contributed by atoms with van der Waals surface area (Å²) in [5, 5.41) is 11.8. The summed E-state index contributed by atoms with van der Waals surface area (Å²) in [4.78, 5) is 31.9. The quantitative estimate of drug-likeness (QED) is 0.434. The van der Waals surface area contributed by atoms with Crippen LogP contribution in [0.15, 0.2) is 35.1 Å². The zero-order valence-corrected chi connectivity index (χ0v) is 18.5. The number of halogens is 1. The van der Waals surface area contributed by atoms with Crippen molar-refractivity contribution >= 4 is 29.7 Å². The van der Waals surface area contributed by atoms with Crippen molar-refractivity contribution in [1.29, 1.82) is 5.26 Å². The van der Waals surface area contributed by atoms with E-state index in [0.717, 1.165) is 6.08 Å². The molecule has 1 heterocycles. The van der Waals surface area contributed by atoms with E-state index in [9.17, 15) is 19.2 Å². The molecule has 1 aromatic rings. The first-order valence-electron chi connectivity index (χ1n) is 9.93. The molecule has 0 aromatic heterocycles. The summed E-state index contributed by atoms with van der Waals surface area (Å²) >= 11 is 0. The molecule has 1 atom stereocenters. The second-order valence-corrected chi connectivity index (χ2v) is 8.40. The Morgan fingerprint density at radius 3 is 2.71 bits per heavy atom. The van der Waals surface area contributed by atoms with Gasteiger partial charge in [-0.05, 0) is 57.9 Å². The SMILES string of the molecule is CN(C)C=Nc1ccc(NC(=O)/C(F)=C/C2CCCN2C(=O)OC(C)(C)C)cc1C#N. The maximum atomic E-state index is 14.6. The summed E-state index contributed by atoms with van der Waals surface area (Å²) in [6.45, 7) is 5.71. The van der Waals surface area contributed by atoms with Gasteiger partial charge in [0.25, 0.3) is 5.91 Å². The van der Waals surface area contributed by atoms with Crippen molar-refractivity contribution < 1.29 is 18.7 Å². The highest BCUT2D eigenvalue weighted by atomic mass is 19.1. The number of nitrogens with zero attached hydrogens (tertiary/aromatic N) is 4. The molecule has 1 N–H and O–H groups in total. The number of ether oxygens (including phenoxy) is 1. The van der Waals surface area contributed by atoms with Crippen LogP contribution in [0.4, 0.5) is 20.6 Å². The van der Waals surface area contributed by atoms with E-state index in [2.05, 4.69) is 10.3 Å². The molecule has 2 amide bonds. The van der Waals surface area contributed by atoms with E-state index in [1.807, 2.05) is 6.07 Å². The second kappa shape index (κ2) is 10.1. The van der Waals surface area contributed by atoms with Gasteiger partial charge in [0, 0.05) is 26.3 Å². The monoisotopic (exact) mass is 429 g/mol. The van der Waals surface area contributed by atoms with Crippen LogP contribution in [0.25, 0.3) is 0 Å². The van der Waals surface area contributed by atoms with Crippen LogP contribution in [0.2, 0.25) is 0 Å². The number of benzene rings is 1. The Bertz CT molecular complexity index is 928. The van der Waals surface area contributed by atoms with Gasteiger partial charge in [0.15, 0.2) is 5.83 Å². The molecule has 0 aliphatic carbocycles. The molecular weight excluding hydrogens is 401 g/mol. The molecule has 2 rings (SSSR count). The Kier molecular flexibility index (Phi) is 7.75. The number of carbonyl (C=O) groups is 2. The van der Waals surface area contributed by atoms with E-state index in [0.29, 0.717) is 25.1 Å². The Labute approximate surface area is 182 Å². The highest BCUT2D eigenvalue weighted by molar-refractivity contribution is 6.02. The lowest BCUT2D eigenvalue weighted by molar-refractivity contribution is -0.114. The summed E-state index contributed by atoms with van der Waals surface area (Å²) in [6.07, 6.45) is 3.38. The van der Waals surface area contributed by atoms with Crippen molar-refractivity contribution in [2.45, 2.75) is 45.3 Å². The first-order valence-corrected chi connectivity index (χ1v) is 9.93. The van der Waals surface area contributed by atoms with Crippen molar-refractivity contribution in [2.75, 3.05) is 26.0 Å². The number of aliphatic imine (C=N–C) groups is 1. The van der Waals surface area contributed by atoms with Gasteiger partial charge in [-0.2, -0.15) is 5.26 Å². The first-order chi connectivity index (χ1) is 14.5. The predicted octanol–water partition coefficient (Wildman–Crippen LogP) is 3.97. The number of hydrogen-bond acceptors (Lipinski definition) is 5. The minimum absolute atomic E-state index is 0.243. The number of amides is 2. The van der Waals surface area contributed by atoms with Gasteiger partial charge < -0.3 is 19.9 Å². The van der Waals surface area contributed by atoms with Crippen molar-refractivity contribution in [1.82, 2.24) is 9.80 Å². The predicted molar refractivity (Wildman–Crippen MR) is 117 cm³/mol. The summed E-state index contributed by atoms with van der Waals surface area (Å²) in [6, 6.07) is 5.98. The minimum Gasteiger partial charge on any atom is -0.444 e. The molecule has 166 valence electrons. The standard InChI is InChI=1S/C22H28FN5O3/c1-22(2,3)31-21(30)28-10-6-7-17(28)12-18(23)20(29)26-16-8-9-19(15(11-16)13-24)25-14-27(4)5/h8-9,11-12,14,17H,6-7,10H2,1-5H3,(H,26,29)/b18-12-,25-14?. The third kappa shape index (κ3) is 7.10. The topological polar surface area (TPSA) is 98.0 Å². The molecule has 1 fully saturated rings. The average Bonchev–Trinajstić information content (AvgIpc) is 3.13. The van der Waals surface area contributed by atoms with Crippen LogP contribution in [0.3, 0.4) is 0 Å². The number of hydrogen-bond donors (Lipinski definition) is 1. The largest absolute Gasteiger partial charge is 0.444 e. The number of anilines is 1. The fourth-order valence-electron chi connectivity index (χ4n) is 2.94. The summed E-state index contributed by atoms with van der Waals surface area (Å²) in [5.41, 5.74) is 0.283. The molecule has 0 radical (unpaired) electrons. The molecule has 1 aliphatic rings. The van der Waals surface area contributed by atoms with Crippen LogP contribution >= 0.6 is 0 Å². The Morgan fingerprint density at radius 1 is 1.39 bits per heavy atom. The zero-order valence-electron chi connectivity index (χ0n) is 18.5. The highest BCUT2D eigenvalue weighted by Gasteiger charge is 2.32. The minimum atomic E-state index is -1.01. The normalized spacial score (nSPS) is 16.9. The fraction of sp³-hybridized carbons (Fsp3) is 0.455. The second-order valence-electron chi connectivity index (χ2n) is 8.40. The Morgan fingerprint density at radius 2 is 2.10 bits per heavy atom. The summed E-state index contributed by atoms with van der Waals surface area (Å²) in [7, 11) is 3.60. The van der Waals surface area contributed by atoms with Crippen LogP contribution in [-0.2, 0) is 9.53 Å². The molecule has 0 bridgehead atoms. The maximum absolute atomic E-state index is 14.6. The molecule has 31 heavy (non-hydrogen) atoms. The lowest BCUT2D eigenvalue weighted by atomic mass is 10.1. The zero-order chi connectivity index (χ0) is 23.2. The smallest absolute Gasteiger partial charge is 0.410 e. The van der Waals surface area contributed by atoms with Crippen LogP contribution in [0.1, 0.15) is 39.2 Å². The van der Waals surface area contributed by atoms with Crippen molar-refractivity contribution in [3.05, 3.63) is 35.7 Å². The van der Waals surface area contributed by atoms with E-state index >= 15 is 0 Å². The van der Waals surface area contributed by atoms with E-state index < -0.39 is 29.5 Å². The first kappa shape index (κ1) is 23.9. The molecule has 1 aromatic carbocycles. The molecule has 1 unspecified atom stereocenters. The van der Waals surface area contributed by atoms with Gasteiger partial charge in [0.05, 0.1) is 23.6 Å². The molecule has 1 aliphatic heterocycles. The van der Waals surface area contributed by atoms with E-state index in [1.54, 1.807) is 52.2 Å². The lowest BCUT2D eigenvalue weighted by Gasteiger charge is -2.27. The molecule has 0 spiro atoms. The molecule has 0 saturated carbocycles. The fourth-order valence-corrected chi connectivity index (χ4v) is 2.94. The Balaban J connectivity index is 2.10. The van der Waals surface area contributed by atoms with E-state index in [-0.39, 0.29) is 11.3 Å². The third-order valence-corrected chi connectivity index (χ3v) is 4.29. The van der Waals surface area contributed by atoms with Crippen LogP contribution in [0, 0.1) is 11.3 Å². The average molecular weight is 429 g/mol. The van der Waals surface area contributed by atoms with Crippen molar-refractivity contribution in [2.24, 2.45) is 4.99 Å². The van der Waals surface area contributed by atoms with Gasteiger partial charge >= 0.3 is 6.09 Å². The maximum Gasteiger partial charge on any atom is 0.410 e. The van der Waals surface area contributed by atoms with E-state index in [4.69, 9.17) is 4.74 Å².